The van der Waals surface area contributed by atoms with E-state index < -0.39 is 0 Å². The smallest absolute Gasteiger partial charge is 0.119 e. The van der Waals surface area contributed by atoms with Crippen molar-refractivity contribution >= 4 is 11.3 Å². The number of nitrogens with one attached hydrogen (secondary N) is 1. The third-order valence-electron chi connectivity index (χ3n) is 3.60. The lowest BCUT2D eigenvalue weighted by atomic mass is 10.1. The van der Waals surface area contributed by atoms with Crippen LogP contribution in [-0.2, 0) is 13.0 Å². The van der Waals surface area contributed by atoms with Crippen LogP contribution in [0.1, 0.15) is 33.5 Å². The van der Waals surface area contributed by atoms with Gasteiger partial charge in [0.25, 0.3) is 0 Å². The van der Waals surface area contributed by atoms with Crippen molar-refractivity contribution in [2.75, 3.05) is 7.11 Å². The third-order valence-corrected chi connectivity index (χ3v) is 4.51. The molecule has 1 aromatic heterocycles. The molecule has 1 aromatic carbocycles. The molecule has 0 saturated heterocycles. The minimum atomic E-state index is 0.425. The fourth-order valence-corrected chi connectivity index (χ4v) is 3.35. The normalized spacial score (nSPS) is 17.5. The van der Waals surface area contributed by atoms with Gasteiger partial charge in [0.2, 0.25) is 0 Å². The summed E-state index contributed by atoms with van der Waals surface area (Å²) in [5.74, 6) is 0.942. The van der Waals surface area contributed by atoms with E-state index in [9.17, 15) is 0 Å². The lowest BCUT2D eigenvalue weighted by Gasteiger charge is -2.13. The Morgan fingerprint density at radius 1 is 1.47 bits per heavy atom. The van der Waals surface area contributed by atoms with Crippen LogP contribution >= 0.6 is 11.3 Å². The molecule has 1 aliphatic carbocycles. The first-order valence-corrected chi connectivity index (χ1v) is 7.39. The maximum Gasteiger partial charge on any atom is 0.119 e. The van der Waals surface area contributed by atoms with Crippen LogP contribution in [0.3, 0.4) is 0 Å². The second-order valence-corrected chi connectivity index (χ2v) is 6.22. The number of hydrogen-bond acceptors (Lipinski definition) is 4. The molecule has 0 fully saturated rings. The van der Waals surface area contributed by atoms with Gasteiger partial charge in [-0.15, -0.1) is 11.3 Å². The number of methoxy groups -OCH3 is 1. The zero-order valence-electron chi connectivity index (χ0n) is 11.3. The average molecular weight is 274 g/mol. The van der Waals surface area contributed by atoms with Crippen LogP contribution < -0.4 is 10.1 Å². The number of hydrogen-bond donors (Lipinski definition) is 1. The standard InChI is InChI=1S/C15H18N2OS/c1-10-8-17-15(19-10)9-16-14-6-4-11-3-5-12(18-2)7-13(11)14/h3,5,7-8,14,16H,4,6,9H2,1-2H3. The van der Waals surface area contributed by atoms with Crippen LogP contribution in [0.25, 0.3) is 0 Å². The predicted octanol–water partition coefficient (Wildman–Crippen LogP) is 3.24. The van der Waals surface area contributed by atoms with Crippen molar-refractivity contribution < 1.29 is 4.74 Å². The van der Waals surface area contributed by atoms with Gasteiger partial charge in [0.1, 0.15) is 10.8 Å². The molecule has 19 heavy (non-hydrogen) atoms. The summed E-state index contributed by atoms with van der Waals surface area (Å²) in [5, 5.41) is 4.77. The minimum Gasteiger partial charge on any atom is -0.497 e. The summed E-state index contributed by atoms with van der Waals surface area (Å²) in [6, 6.07) is 6.82. The van der Waals surface area contributed by atoms with E-state index in [2.05, 4.69) is 29.4 Å². The molecule has 0 aliphatic heterocycles. The summed E-state index contributed by atoms with van der Waals surface area (Å²) in [6.45, 7) is 2.94. The Kier molecular flexibility index (Phi) is 3.53. The van der Waals surface area contributed by atoms with Gasteiger partial charge in [-0.1, -0.05) is 6.07 Å². The lowest BCUT2D eigenvalue weighted by Crippen LogP contribution is -2.18. The Bertz CT molecular complexity index is 579. The van der Waals surface area contributed by atoms with Crippen molar-refractivity contribution in [1.82, 2.24) is 10.3 Å². The molecule has 1 N–H and O–H groups in total. The van der Waals surface area contributed by atoms with Gasteiger partial charge in [-0.05, 0) is 43.0 Å². The summed E-state index contributed by atoms with van der Waals surface area (Å²) >= 11 is 1.76. The molecule has 0 spiro atoms. The molecule has 0 bridgehead atoms. The van der Waals surface area contributed by atoms with Crippen LogP contribution in [0, 0.1) is 6.92 Å². The monoisotopic (exact) mass is 274 g/mol. The Labute approximate surface area is 117 Å². The number of aromatic nitrogens is 1. The highest BCUT2D eigenvalue weighted by molar-refractivity contribution is 7.11. The van der Waals surface area contributed by atoms with Crippen LogP contribution in [-0.4, -0.2) is 12.1 Å². The fourth-order valence-electron chi connectivity index (χ4n) is 2.61. The van der Waals surface area contributed by atoms with E-state index in [4.69, 9.17) is 4.74 Å². The number of nitrogens with zero attached hydrogens (tertiary/aromatic N) is 1. The minimum absolute atomic E-state index is 0.425. The lowest BCUT2D eigenvalue weighted by molar-refractivity contribution is 0.413. The molecule has 3 rings (SSSR count). The van der Waals surface area contributed by atoms with Crippen molar-refractivity contribution in [2.45, 2.75) is 32.4 Å². The Balaban J connectivity index is 1.71. The topological polar surface area (TPSA) is 34.1 Å². The fraction of sp³-hybridized carbons (Fsp3) is 0.400. The summed E-state index contributed by atoms with van der Waals surface area (Å²) in [6.07, 6.45) is 4.24. The van der Waals surface area contributed by atoms with Crippen molar-refractivity contribution in [2.24, 2.45) is 0 Å². The van der Waals surface area contributed by atoms with Gasteiger partial charge >= 0.3 is 0 Å². The van der Waals surface area contributed by atoms with E-state index >= 15 is 0 Å². The van der Waals surface area contributed by atoms with E-state index in [-0.39, 0.29) is 0 Å². The molecule has 1 heterocycles. The van der Waals surface area contributed by atoms with E-state index in [0.29, 0.717) is 6.04 Å². The van der Waals surface area contributed by atoms with E-state index in [1.807, 2.05) is 12.3 Å². The zero-order valence-corrected chi connectivity index (χ0v) is 12.1. The predicted molar refractivity (Wildman–Crippen MR) is 77.7 cm³/mol. The molecule has 0 radical (unpaired) electrons. The first kappa shape index (κ1) is 12.6. The highest BCUT2D eigenvalue weighted by Gasteiger charge is 2.22. The third kappa shape index (κ3) is 2.65. The maximum atomic E-state index is 5.32. The maximum absolute atomic E-state index is 5.32. The van der Waals surface area contributed by atoms with E-state index in [1.165, 1.54) is 16.0 Å². The van der Waals surface area contributed by atoms with Crippen LogP contribution in [0.5, 0.6) is 5.75 Å². The summed E-state index contributed by atoms with van der Waals surface area (Å²) in [5.41, 5.74) is 2.82. The zero-order chi connectivity index (χ0) is 13.2. The SMILES string of the molecule is COc1ccc2c(c1)C(NCc1ncc(C)s1)CC2. The summed E-state index contributed by atoms with van der Waals surface area (Å²) in [7, 11) is 1.72. The quantitative estimate of drug-likeness (QED) is 0.929. The molecule has 100 valence electrons. The Hall–Kier alpha value is -1.39. The van der Waals surface area contributed by atoms with Crippen molar-refractivity contribution in [3.63, 3.8) is 0 Å². The van der Waals surface area contributed by atoms with Gasteiger partial charge in [-0.3, -0.25) is 0 Å². The summed E-state index contributed by atoms with van der Waals surface area (Å²) in [4.78, 5) is 5.67. The summed E-state index contributed by atoms with van der Waals surface area (Å²) < 4.78 is 5.32. The molecule has 0 saturated carbocycles. The van der Waals surface area contributed by atoms with Crippen molar-refractivity contribution in [1.29, 1.82) is 0 Å². The molecule has 3 nitrogen and oxygen atoms in total. The van der Waals surface area contributed by atoms with Crippen LogP contribution in [0.2, 0.25) is 0 Å². The van der Waals surface area contributed by atoms with Crippen LogP contribution in [0.15, 0.2) is 24.4 Å². The molecular formula is C15H18N2OS. The van der Waals surface area contributed by atoms with Crippen LogP contribution in [0.4, 0.5) is 0 Å². The van der Waals surface area contributed by atoms with Crippen molar-refractivity contribution in [3.8, 4) is 5.75 Å². The highest BCUT2D eigenvalue weighted by Crippen LogP contribution is 2.34. The molecular weight excluding hydrogens is 256 g/mol. The first-order valence-electron chi connectivity index (χ1n) is 6.58. The number of rotatable bonds is 4. The second-order valence-electron chi connectivity index (χ2n) is 4.90. The number of thiazole rings is 1. The molecule has 1 aliphatic rings. The molecule has 2 aromatic rings. The van der Waals surface area contributed by atoms with Gasteiger partial charge in [0.15, 0.2) is 0 Å². The Morgan fingerprint density at radius 3 is 3.11 bits per heavy atom. The average Bonchev–Trinajstić information content (AvgIpc) is 3.02. The number of aryl methyl sites for hydroxylation is 2. The molecule has 0 amide bonds. The molecule has 1 atom stereocenters. The van der Waals surface area contributed by atoms with E-state index in [1.54, 1.807) is 18.4 Å². The number of ether oxygens (including phenoxy) is 1. The number of fused-ring (bicyclic) bond motifs is 1. The van der Waals surface area contributed by atoms with Crippen molar-refractivity contribution in [3.05, 3.63) is 45.4 Å². The number of benzene rings is 1. The highest BCUT2D eigenvalue weighted by atomic mass is 32.1. The van der Waals surface area contributed by atoms with E-state index in [0.717, 1.165) is 30.1 Å². The Morgan fingerprint density at radius 2 is 2.37 bits per heavy atom. The van der Waals surface area contributed by atoms with Gasteiger partial charge in [0, 0.05) is 23.7 Å². The molecule has 1 unspecified atom stereocenters. The first-order chi connectivity index (χ1) is 9.26. The van der Waals surface area contributed by atoms with Gasteiger partial charge in [-0.2, -0.15) is 0 Å². The second kappa shape index (κ2) is 5.31. The van der Waals surface area contributed by atoms with Gasteiger partial charge < -0.3 is 10.1 Å². The van der Waals surface area contributed by atoms with Gasteiger partial charge in [-0.25, -0.2) is 4.98 Å². The largest absolute Gasteiger partial charge is 0.497 e. The van der Waals surface area contributed by atoms with Gasteiger partial charge in [0.05, 0.1) is 7.11 Å². The molecule has 4 heteroatoms.